The number of benzene rings is 1. The Hall–Kier alpha value is -1.23. The maximum absolute atomic E-state index is 12.4. The summed E-state index contributed by atoms with van der Waals surface area (Å²) in [4.78, 5) is 3.81. The molecular formula is C9H6ClF3N2. The van der Waals surface area contributed by atoms with Crippen molar-refractivity contribution >= 4 is 23.6 Å². The van der Waals surface area contributed by atoms with Crippen LogP contribution in [0.15, 0.2) is 23.2 Å². The summed E-state index contributed by atoms with van der Waals surface area (Å²) < 4.78 is 37.1. The van der Waals surface area contributed by atoms with Gasteiger partial charge in [0.1, 0.15) is 0 Å². The van der Waals surface area contributed by atoms with Crippen molar-refractivity contribution in [1.82, 2.24) is 0 Å². The van der Waals surface area contributed by atoms with Gasteiger partial charge in [-0.3, -0.25) is 4.99 Å². The summed E-state index contributed by atoms with van der Waals surface area (Å²) in [6.45, 7) is 0. The Morgan fingerprint density at radius 2 is 2.07 bits per heavy atom. The minimum Gasteiger partial charge on any atom is -0.346 e. The number of hydrogen-bond acceptors (Lipinski definition) is 2. The van der Waals surface area contributed by atoms with E-state index < -0.39 is 17.2 Å². The number of aliphatic imine (C=N–C) groups is 1. The molecule has 1 N–H and O–H groups in total. The molecule has 1 aromatic carbocycles. The molecule has 0 aliphatic carbocycles. The van der Waals surface area contributed by atoms with Crippen LogP contribution in [0.3, 0.4) is 0 Å². The van der Waals surface area contributed by atoms with E-state index in [4.69, 9.17) is 11.6 Å². The van der Waals surface area contributed by atoms with Crippen molar-refractivity contribution in [1.29, 1.82) is 0 Å². The monoisotopic (exact) mass is 234 g/mol. The molecule has 0 amide bonds. The molecule has 15 heavy (non-hydrogen) atoms. The summed E-state index contributed by atoms with van der Waals surface area (Å²) in [6, 6.07) is 3.35. The maximum atomic E-state index is 12.4. The number of nitrogens with zero attached hydrogens (tertiary/aromatic N) is 1. The minimum atomic E-state index is -4.34. The van der Waals surface area contributed by atoms with E-state index in [-0.39, 0.29) is 0 Å². The van der Waals surface area contributed by atoms with E-state index in [0.29, 0.717) is 11.3 Å². The summed E-state index contributed by atoms with van der Waals surface area (Å²) >= 11 is 5.79. The van der Waals surface area contributed by atoms with Gasteiger partial charge in [-0.1, -0.05) is 17.7 Å². The molecule has 1 heterocycles. The van der Waals surface area contributed by atoms with Gasteiger partial charge in [-0.2, -0.15) is 13.2 Å². The van der Waals surface area contributed by atoms with E-state index in [1.54, 1.807) is 0 Å². The Morgan fingerprint density at radius 1 is 1.33 bits per heavy atom. The molecular weight excluding hydrogens is 229 g/mol. The fourth-order valence-corrected chi connectivity index (χ4v) is 1.56. The van der Waals surface area contributed by atoms with Gasteiger partial charge in [0, 0.05) is 11.3 Å². The molecule has 6 heteroatoms. The Morgan fingerprint density at radius 3 is 2.73 bits per heavy atom. The Kier molecular flexibility index (Phi) is 2.34. The topological polar surface area (TPSA) is 24.4 Å². The molecule has 2 nitrogen and oxygen atoms in total. The second-order valence-corrected chi connectivity index (χ2v) is 3.47. The normalized spacial score (nSPS) is 19.6. The molecule has 0 spiro atoms. The second-order valence-electron chi connectivity index (χ2n) is 3.06. The zero-order valence-corrected chi connectivity index (χ0v) is 8.10. The molecule has 1 atom stereocenters. The number of fused-ring (bicyclic) bond motifs is 1. The summed E-state index contributed by atoms with van der Waals surface area (Å²) in [5.41, 5.74) is -0.427. The highest BCUT2D eigenvalue weighted by atomic mass is 35.5. The second kappa shape index (κ2) is 3.41. The molecule has 0 saturated heterocycles. The van der Waals surface area contributed by atoms with Crippen molar-refractivity contribution in [3.8, 4) is 0 Å². The van der Waals surface area contributed by atoms with Crippen molar-refractivity contribution in [3.63, 3.8) is 0 Å². The number of alkyl halides is 4. The standard InChI is InChI=1S/C9H6ClF3N2/c10-8-6-2-1-5(9(11,12)13)3-7(6)14-4-15-8/h1-4,8H,(H,14,15)/t8-/m1/s1. The molecule has 1 aliphatic rings. The van der Waals surface area contributed by atoms with Crippen LogP contribution in [0.1, 0.15) is 16.6 Å². The summed E-state index contributed by atoms with van der Waals surface area (Å²) in [7, 11) is 0. The third-order valence-corrected chi connectivity index (χ3v) is 2.41. The van der Waals surface area contributed by atoms with Crippen molar-refractivity contribution in [3.05, 3.63) is 29.3 Å². The predicted molar refractivity (Wildman–Crippen MR) is 52.2 cm³/mol. The van der Waals surface area contributed by atoms with Crippen LogP contribution >= 0.6 is 11.6 Å². The summed E-state index contributed by atoms with van der Waals surface area (Å²) in [5.74, 6) is 0. The molecule has 0 aromatic heterocycles. The maximum Gasteiger partial charge on any atom is 0.416 e. The fraction of sp³-hybridized carbons (Fsp3) is 0.222. The molecule has 0 unspecified atom stereocenters. The van der Waals surface area contributed by atoms with Crippen LogP contribution < -0.4 is 5.32 Å². The number of anilines is 1. The molecule has 0 fully saturated rings. The van der Waals surface area contributed by atoms with E-state index >= 15 is 0 Å². The van der Waals surface area contributed by atoms with Gasteiger partial charge in [-0.15, -0.1) is 0 Å². The van der Waals surface area contributed by atoms with Crippen LogP contribution in [0, 0.1) is 0 Å². The van der Waals surface area contributed by atoms with Crippen LogP contribution in [-0.4, -0.2) is 6.34 Å². The zero-order chi connectivity index (χ0) is 11.1. The average Bonchev–Trinajstić information content (AvgIpc) is 2.16. The Bertz CT molecular complexity index is 414. The third kappa shape index (κ3) is 1.92. The number of halogens is 4. The molecule has 1 aliphatic heterocycles. The van der Waals surface area contributed by atoms with E-state index in [9.17, 15) is 13.2 Å². The van der Waals surface area contributed by atoms with Crippen LogP contribution in [-0.2, 0) is 6.18 Å². The molecule has 80 valence electrons. The highest BCUT2D eigenvalue weighted by Crippen LogP contribution is 2.36. The van der Waals surface area contributed by atoms with Crippen LogP contribution in [0.2, 0.25) is 0 Å². The molecule has 0 saturated carbocycles. The van der Waals surface area contributed by atoms with E-state index in [2.05, 4.69) is 10.3 Å². The fourth-order valence-electron chi connectivity index (χ4n) is 1.32. The van der Waals surface area contributed by atoms with Gasteiger partial charge in [-0.25, -0.2) is 0 Å². The number of rotatable bonds is 0. The van der Waals surface area contributed by atoms with Gasteiger partial charge in [0.25, 0.3) is 0 Å². The molecule has 0 bridgehead atoms. The lowest BCUT2D eigenvalue weighted by atomic mass is 10.1. The molecule has 0 radical (unpaired) electrons. The van der Waals surface area contributed by atoms with E-state index in [0.717, 1.165) is 12.1 Å². The number of hydrogen-bond donors (Lipinski definition) is 1. The van der Waals surface area contributed by atoms with Gasteiger partial charge in [-0.05, 0) is 12.1 Å². The van der Waals surface area contributed by atoms with Crippen molar-refractivity contribution in [2.45, 2.75) is 11.7 Å². The van der Waals surface area contributed by atoms with Crippen molar-refractivity contribution in [2.75, 3.05) is 5.32 Å². The lowest BCUT2D eigenvalue weighted by molar-refractivity contribution is -0.137. The minimum absolute atomic E-state index is 0.347. The smallest absolute Gasteiger partial charge is 0.346 e. The van der Waals surface area contributed by atoms with Crippen LogP contribution in [0.25, 0.3) is 0 Å². The largest absolute Gasteiger partial charge is 0.416 e. The Balaban J connectivity index is 2.45. The van der Waals surface area contributed by atoms with Gasteiger partial charge in [0.05, 0.1) is 11.9 Å². The highest BCUT2D eigenvalue weighted by Gasteiger charge is 2.31. The third-order valence-electron chi connectivity index (χ3n) is 2.06. The first kappa shape index (κ1) is 10.3. The average molecular weight is 235 g/mol. The summed E-state index contributed by atoms with van der Waals surface area (Å²) in [5, 5.41) is 2.63. The van der Waals surface area contributed by atoms with Gasteiger partial charge >= 0.3 is 6.18 Å². The van der Waals surface area contributed by atoms with Crippen LogP contribution in [0.5, 0.6) is 0 Å². The lowest BCUT2D eigenvalue weighted by Gasteiger charge is -2.18. The van der Waals surface area contributed by atoms with Crippen molar-refractivity contribution < 1.29 is 13.2 Å². The zero-order valence-electron chi connectivity index (χ0n) is 7.35. The molecule has 1 aromatic rings. The number of nitrogens with one attached hydrogen (secondary N) is 1. The highest BCUT2D eigenvalue weighted by molar-refractivity contribution is 6.22. The van der Waals surface area contributed by atoms with Gasteiger partial charge < -0.3 is 5.32 Å². The Labute approximate surface area is 88.8 Å². The quantitative estimate of drug-likeness (QED) is 0.540. The van der Waals surface area contributed by atoms with E-state index in [1.807, 2.05) is 0 Å². The first-order valence-electron chi connectivity index (χ1n) is 4.12. The van der Waals surface area contributed by atoms with Gasteiger partial charge in [0.15, 0.2) is 5.50 Å². The first-order chi connectivity index (χ1) is 6.98. The van der Waals surface area contributed by atoms with Crippen LogP contribution in [0.4, 0.5) is 18.9 Å². The predicted octanol–water partition coefficient (Wildman–Crippen LogP) is 3.40. The molecule has 2 rings (SSSR count). The SMILES string of the molecule is FC(F)(F)c1ccc2c(c1)NC=N[C@H]2Cl. The lowest BCUT2D eigenvalue weighted by Crippen LogP contribution is -2.11. The van der Waals surface area contributed by atoms with Gasteiger partial charge in [0.2, 0.25) is 0 Å². The first-order valence-corrected chi connectivity index (χ1v) is 4.55. The van der Waals surface area contributed by atoms with E-state index in [1.165, 1.54) is 12.4 Å². The van der Waals surface area contributed by atoms with Crippen molar-refractivity contribution in [2.24, 2.45) is 4.99 Å². The summed E-state index contributed by atoms with van der Waals surface area (Å²) in [6.07, 6.45) is -3.05.